The third-order valence-electron chi connectivity index (χ3n) is 4.85. The minimum atomic E-state index is -0.339. The normalized spacial score (nSPS) is 11.3. The molecule has 0 saturated heterocycles. The van der Waals surface area contributed by atoms with Crippen molar-refractivity contribution in [3.8, 4) is 0 Å². The number of aryl methyl sites for hydroxylation is 2. The maximum Gasteiger partial charge on any atom is 0.280 e. The summed E-state index contributed by atoms with van der Waals surface area (Å²) in [6, 6.07) is 12.5. The standard InChI is InChI=1S/C22H20F2N4OS/c1-3-28-20-19(14(2)26-28)25-22(30-13-16-6-4-5-7-18(16)24)27(21(20)29)12-15-8-10-17(23)11-9-15/h4-11H,3,12-13H2,1-2H3. The Bertz CT molecular complexity index is 1260. The van der Waals surface area contributed by atoms with Crippen molar-refractivity contribution in [3.05, 3.63) is 87.3 Å². The molecule has 2 aromatic carbocycles. The predicted octanol–water partition coefficient (Wildman–Crippen LogP) is 4.54. The molecule has 0 amide bonds. The summed E-state index contributed by atoms with van der Waals surface area (Å²) in [6.07, 6.45) is 0. The van der Waals surface area contributed by atoms with Crippen molar-refractivity contribution in [1.29, 1.82) is 0 Å². The summed E-state index contributed by atoms with van der Waals surface area (Å²) >= 11 is 1.29. The Hall–Kier alpha value is -3.00. The summed E-state index contributed by atoms with van der Waals surface area (Å²) < 4.78 is 30.6. The van der Waals surface area contributed by atoms with Gasteiger partial charge in [-0.1, -0.05) is 42.1 Å². The molecule has 154 valence electrons. The Kier molecular flexibility index (Phi) is 5.67. The van der Waals surface area contributed by atoms with Crippen LogP contribution in [0.15, 0.2) is 58.5 Å². The van der Waals surface area contributed by atoms with Crippen molar-refractivity contribution >= 4 is 22.8 Å². The van der Waals surface area contributed by atoms with E-state index in [0.717, 1.165) is 5.56 Å². The molecule has 0 radical (unpaired) electrons. The third kappa shape index (κ3) is 3.87. The number of nitrogens with zero attached hydrogens (tertiary/aromatic N) is 4. The fourth-order valence-electron chi connectivity index (χ4n) is 3.30. The highest BCUT2D eigenvalue weighted by atomic mass is 32.2. The van der Waals surface area contributed by atoms with E-state index in [1.54, 1.807) is 39.6 Å². The molecular weight excluding hydrogens is 406 g/mol. The molecule has 0 spiro atoms. The average Bonchev–Trinajstić information content (AvgIpc) is 3.07. The largest absolute Gasteiger partial charge is 0.281 e. The van der Waals surface area contributed by atoms with Crippen LogP contribution in [-0.4, -0.2) is 19.3 Å². The van der Waals surface area contributed by atoms with E-state index in [9.17, 15) is 13.6 Å². The molecule has 8 heteroatoms. The number of thioether (sulfide) groups is 1. The molecule has 0 aliphatic rings. The van der Waals surface area contributed by atoms with Gasteiger partial charge >= 0.3 is 0 Å². The van der Waals surface area contributed by atoms with Gasteiger partial charge in [-0.3, -0.25) is 14.0 Å². The van der Waals surface area contributed by atoms with Crippen molar-refractivity contribution < 1.29 is 8.78 Å². The second-order valence-corrected chi connectivity index (χ2v) is 7.83. The Balaban J connectivity index is 1.81. The second kappa shape index (κ2) is 8.39. The lowest BCUT2D eigenvalue weighted by Gasteiger charge is -2.13. The fourth-order valence-corrected chi connectivity index (χ4v) is 4.27. The van der Waals surface area contributed by atoms with E-state index in [2.05, 4.69) is 5.10 Å². The van der Waals surface area contributed by atoms with Crippen LogP contribution in [-0.2, 0) is 18.8 Å². The highest BCUT2D eigenvalue weighted by Gasteiger charge is 2.19. The Labute approximate surface area is 176 Å². The average molecular weight is 426 g/mol. The number of hydrogen-bond donors (Lipinski definition) is 0. The predicted molar refractivity (Wildman–Crippen MR) is 114 cm³/mol. The molecule has 0 unspecified atom stereocenters. The third-order valence-corrected chi connectivity index (χ3v) is 5.88. The zero-order valence-electron chi connectivity index (χ0n) is 16.6. The molecule has 4 aromatic rings. The van der Waals surface area contributed by atoms with Crippen molar-refractivity contribution in [2.75, 3.05) is 0 Å². The van der Waals surface area contributed by atoms with Crippen LogP contribution < -0.4 is 5.56 Å². The van der Waals surface area contributed by atoms with E-state index in [4.69, 9.17) is 4.98 Å². The van der Waals surface area contributed by atoms with Crippen molar-refractivity contribution in [1.82, 2.24) is 19.3 Å². The number of benzene rings is 2. The number of rotatable bonds is 6. The van der Waals surface area contributed by atoms with Crippen LogP contribution in [0, 0.1) is 18.6 Å². The van der Waals surface area contributed by atoms with Crippen LogP contribution in [0.1, 0.15) is 23.7 Å². The molecule has 2 aromatic heterocycles. The fraction of sp³-hybridized carbons (Fsp3) is 0.227. The van der Waals surface area contributed by atoms with Gasteiger partial charge in [-0.2, -0.15) is 5.10 Å². The first-order valence-electron chi connectivity index (χ1n) is 9.56. The zero-order chi connectivity index (χ0) is 21.3. The van der Waals surface area contributed by atoms with Gasteiger partial charge in [0.25, 0.3) is 5.56 Å². The Morgan fingerprint density at radius 2 is 1.80 bits per heavy atom. The van der Waals surface area contributed by atoms with Crippen molar-refractivity contribution in [2.24, 2.45) is 0 Å². The van der Waals surface area contributed by atoms with Gasteiger partial charge in [-0.05, 0) is 43.2 Å². The minimum absolute atomic E-state index is 0.220. The molecule has 0 bridgehead atoms. The molecular formula is C22H20F2N4OS. The number of aromatic nitrogens is 4. The van der Waals surface area contributed by atoms with Crippen LogP contribution in [0.5, 0.6) is 0 Å². The van der Waals surface area contributed by atoms with Crippen LogP contribution in [0.3, 0.4) is 0 Å². The molecule has 0 fully saturated rings. The minimum Gasteiger partial charge on any atom is -0.281 e. The second-order valence-electron chi connectivity index (χ2n) is 6.89. The molecule has 30 heavy (non-hydrogen) atoms. The smallest absolute Gasteiger partial charge is 0.280 e. The quantitative estimate of drug-likeness (QED) is 0.336. The summed E-state index contributed by atoms with van der Waals surface area (Å²) in [5.41, 5.74) is 2.74. The van der Waals surface area contributed by atoms with Gasteiger partial charge in [0.15, 0.2) is 10.7 Å². The van der Waals surface area contributed by atoms with Gasteiger partial charge in [0.2, 0.25) is 0 Å². The van der Waals surface area contributed by atoms with Gasteiger partial charge in [-0.15, -0.1) is 0 Å². The van der Waals surface area contributed by atoms with Gasteiger partial charge in [-0.25, -0.2) is 13.8 Å². The Morgan fingerprint density at radius 1 is 1.07 bits per heavy atom. The van der Waals surface area contributed by atoms with Gasteiger partial charge in [0, 0.05) is 12.3 Å². The lowest BCUT2D eigenvalue weighted by Crippen LogP contribution is -2.25. The van der Waals surface area contributed by atoms with E-state index < -0.39 is 0 Å². The topological polar surface area (TPSA) is 52.7 Å². The first kappa shape index (κ1) is 20.3. The molecule has 0 N–H and O–H groups in total. The van der Waals surface area contributed by atoms with Crippen LogP contribution in [0.25, 0.3) is 11.0 Å². The number of fused-ring (bicyclic) bond motifs is 1. The first-order valence-corrected chi connectivity index (χ1v) is 10.5. The summed E-state index contributed by atoms with van der Waals surface area (Å²) in [5.74, 6) is -0.309. The van der Waals surface area contributed by atoms with E-state index >= 15 is 0 Å². The number of hydrogen-bond acceptors (Lipinski definition) is 4. The first-order chi connectivity index (χ1) is 14.5. The van der Waals surface area contributed by atoms with Crippen molar-refractivity contribution in [2.45, 2.75) is 37.8 Å². The van der Waals surface area contributed by atoms with Crippen LogP contribution >= 0.6 is 11.8 Å². The SMILES string of the molecule is CCn1nc(C)c2nc(SCc3ccccc3F)n(Cc3ccc(F)cc3)c(=O)c21. The maximum atomic E-state index is 14.1. The van der Waals surface area contributed by atoms with Crippen LogP contribution in [0.4, 0.5) is 8.78 Å². The highest BCUT2D eigenvalue weighted by Crippen LogP contribution is 2.25. The van der Waals surface area contributed by atoms with E-state index in [1.165, 1.54) is 30.0 Å². The van der Waals surface area contributed by atoms with E-state index in [-0.39, 0.29) is 23.7 Å². The summed E-state index contributed by atoms with van der Waals surface area (Å²) in [5, 5.41) is 4.90. The molecule has 0 saturated carbocycles. The molecule has 0 atom stereocenters. The summed E-state index contributed by atoms with van der Waals surface area (Å²) in [7, 11) is 0. The molecule has 0 aliphatic heterocycles. The zero-order valence-corrected chi connectivity index (χ0v) is 17.4. The summed E-state index contributed by atoms with van der Waals surface area (Å²) in [6.45, 7) is 4.50. The monoisotopic (exact) mass is 426 g/mol. The summed E-state index contributed by atoms with van der Waals surface area (Å²) in [4.78, 5) is 18.1. The molecule has 5 nitrogen and oxygen atoms in total. The highest BCUT2D eigenvalue weighted by molar-refractivity contribution is 7.98. The lowest BCUT2D eigenvalue weighted by molar-refractivity contribution is 0.615. The van der Waals surface area contributed by atoms with E-state index in [0.29, 0.717) is 39.7 Å². The van der Waals surface area contributed by atoms with E-state index in [1.807, 2.05) is 13.8 Å². The number of halogens is 2. The maximum absolute atomic E-state index is 14.1. The molecule has 4 rings (SSSR count). The van der Waals surface area contributed by atoms with Gasteiger partial charge in [0.1, 0.15) is 17.2 Å². The molecule has 0 aliphatic carbocycles. The Morgan fingerprint density at radius 3 is 2.50 bits per heavy atom. The van der Waals surface area contributed by atoms with Crippen LogP contribution in [0.2, 0.25) is 0 Å². The van der Waals surface area contributed by atoms with Crippen molar-refractivity contribution in [3.63, 3.8) is 0 Å². The lowest BCUT2D eigenvalue weighted by atomic mass is 10.2. The van der Waals surface area contributed by atoms with Gasteiger partial charge < -0.3 is 0 Å². The molecule has 2 heterocycles. The van der Waals surface area contributed by atoms with Gasteiger partial charge in [0.05, 0.1) is 12.2 Å².